The second kappa shape index (κ2) is 6.67. The van der Waals surface area contributed by atoms with E-state index in [1.54, 1.807) is 6.33 Å². The molecule has 2 N–H and O–H groups in total. The van der Waals surface area contributed by atoms with Gasteiger partial charge in [0.2, 0.25) is 0 Å². The number of urea groups is 1. The third-order valence-corrected chi connectivity index (χ3v) is 5.21. The van der Waals surface area contributed by atoms with Crippen LogP contribution in [0.4, 0.5) is 4.79 Å². The highest BCUT2D eigenvalue weighted by molar-refractivity contribution is 5.74. The molecule has 126 valence electrons. The Morgan fingerprint density at radius 3 is 2.50 bits per heavy atom. The van der Waals surface area contributed by atoms with Gasteiger partial charge in [0.15, 0.2) is 0 Å². The van der Waals surface area contributed by atoms with Gasteiger partial charge in [-0.05, 0) is 42.7 Å². The molecule has 0 bridgehead atoms. The minimum absolute atomic E-state index is 0.0457. The van der Waals surface area contributed by atoms with Crippen molar-refractivity contribution in [1.29, 1.82) is 0 Å². The number of nitrogens with one attached hydrogen (secondary N) is 2. The first-order valence-corrected chi connectivity index (χ1v) is 8.89. The Morgan fingerprint density at radius 1 is 1.12 bits per heavy atom. The standard InChI is InChI=1S/C19H24N4O/c24-19(21-11-14-1-3-15(4-2-14)16-5-6-16)23-9-7-17(8-10-23)18-12-20-13-22-18/h1-4,12-13,16-17H,5-11H2,(H,20,22)(H,21,24). The van der Waals surface area contributed by atoms with Crippen molar-refractivity contribution in [2.75, 3.05) is 13.1 Å². The molecule has 2 heterocycles. The van der Waals surface area contributed by atoms with Gasteiger partial charge in [-0.1, -0.05) is 24.3 Å². The molecule has 1 saturated heterocycles. The van der Waals surface area contributed by atoms with E-state index in [0.29, 0.717) is 12.5 Å². The third kappa shape index (κ3) is 3.45. The number of hydrogen-bond acceptors (Lipinski definition) is 2. The molecule has 0 radical (unpaired) electrons. The van der Waals surface area contributed by atoms with E-state index < -0.39 is 0 Å². The molecule has 2 aliphatic rings. The van der Waals surface area contributed by atoms with E-state index in [9.17, 15) is 4.79 Å². The van der Waals surface area contributed by atoms with Gasteiger partial charge in [0.05, 0.1) is 6.33 Å². The number of imidazole rings is 1. The molecule has 0 spiro atoms. The number of piperidine rings is 1. The first kappa shape index (κ1) is 15.2. The van der Waals surface area contributed by atoms with Gasteiger partial charge in [0.25, 0.3) is 0 Å². The van der Waals surface area contributed by atoms with Crippen LogP contribution in [-0.4, -0.2) is 34.0 Å². The maximum Gasteiger partial charge on any atom is 0.317 e. The van der Waals surface area contributed by atoms with Crippen LogP contribution in [0.2, 0.25) is 0 Å². The van der Waals surface area contributed by atoms with Gasteiger partial charge in [0.1, 0.15) is 0 Å². The molecule has 1 aromatic carbocycles. The van der Waals surface area contributed by atoms with Gasteiger partial charge in [-0.25, -0.2) is 9.78 Å². The Kier molecular flexibility index (Phi) is 4.24. The zero-order valence-electron chi connectivity index (χ0n) is 13.9. The fourth-order valence-corrected chi connectivity index (χ4v) is 3.50. The molecule has 2 fully saturated rings. The van der Waals surface area contributed by atoms with Crippen molar-refractivity contribution < 1.29 is 4.79 Å². The van der Waals surface area contributed by atoms with E-state index in [-0.39, 0.29) is 6.03 Å². The van der Waals surface area contributed by atoms with Crippen LogP contribution in [0.15, 0.2) is 36.8 Å². The number of aromatic nitrogens is 2. The maximum atomic E-state index is 12.3. The van der Waals surface area contributed by atoms with Crippen LogP contribution in [0.5, 0.6) is 0 Å². The van der Waals surface area contributed by atoms with Gasteiger partial charge >= 0.3 is 6.03 Å². The number of likely N-dealkylation sites (tertiary alicyclic amines) is 1. The molecule has 2 amide bonds. The molecule has 1 aliphatic carbocycles. The predicted molar refractivity (Wildman–Crippen MR) is 92.8 cm³/mol. The summed E-state index contributed by atoms with van der Waals surface area (Å²) in [4.78, 5) is 21.5. The van der Waals surface area contributed by atoms with Crippen LogP contribution in [0.25, 0.3) is 0 Å². The Bertz CT molecular complexity index is 668. The molecule has 5 nitrogen and oxygen atoms in total. The van der Waals surface area contributed by atoms with Gasteiger partial charge in [-0.2, -0.15) is 0 Å². The molecule has 0 atom stereocenters. The number of aromatic amines is 1. The van der Waals surface area contributed by atoms with E-state index in [1.165, 1.54) is 29.7 Å². The highest BCUT2D eigenvalue weighted by atomic mass is 16.2. The summed E-state index contributed by atoms with van der Waals surface area (Å²) in [6.07, 6.45) is 8.25. The number of hydrogen-bond donors (Lipinski definition) is 2. The second-order valence-electron chi connectivity index (χ2n) is 6.94. The minimum Gasteiger partial charge on any atom is -0.348 e. The van der Waals surface area contributed by atoms with Crippen LogP contribution < -0.4 is 5.32 Å². The summed E-state index contributed by atoms with van der Waals surface area (Å²) in [5.74, 6) is 1.27. The molecule has 1 saturated carbocycles. The number of H-pyrrole nitrogens is 1. The first-order chi connectivity index (χ1) is 11.8. The van der Waals surface area contributed by atoms with Gasteiger partial charge in [-0.15, -0.1) is 0 Å². The fraction of sp³-hybridized carbons (Fsp3) is 0.474. The van der Waals surface area contributed by atoms with E-state index >= 15 is 0 Å². The largest absolute Gasteiger partial charge is 0.348 e. The summed E-state index contributed by atoms with van der Waals surface area (Å²) in [6, 6.07) is 8.73. The van der Waals surface area contributed by atoms with Crippen molar-refractivity contribution in [2.45, 2.75) is 44.1 Å². The number of carbonyl (C=O) groups is 1. The summed E-state index contributed by atoms with van der Waals surface area (Å²) < 4.78 is 0. The topological polar surface area (TPSA) is 61.0 Å². The Labute approximate surface area is 142 Å². The Morgan fingerprint density at radius 2 is 1.88 bits per heavy atom. The first-order valence-electron chi connectivity index (χ1n) is 8.89. The molecular weight excluding hydrogens is 300 g/mol. The van der Waals surface area contributed by atoms with Crippen molar-refractivity contribution in [3.8, 4) is 0 Å². The molecule has 24 heavy (non-hydrogen) atoms. The Hall–Kier alpha value is -2.30. The molecule has 4 rings (SSSR count). The predicted octanol–water partition coefficient (Wildman–Crippen LogP) is 3.38. The molecule has 1 aliphatic heterocycles. The Balaban J connectivity index is 1.24. The molecule has 5 heteroatoms. The average molecular weight is 324 g/mol. The lowest BCUT2D eigenvalue weighted by Gasteiger charge is -2.31. The van der Waals surface area contributed by atoms with Gasteiger partial charge in [0, 0.05) is 37.4 Å². The molecule has 0 unspecified atom stereocenters. The van der Waals surface area contributed by atoms with Crippen molar-refractivity contribution in [3.63, 3.8) is 0 Å². The molecule has 2 aromatic rings. The van der Waals surface area contributed by atoms with Gasteiger partial charge in [-0.3, -0.25) is 0 Å². The van der Waals surface area contributed by atoms with E-state index in [1.807, 2.05) is 11.1 Å². The smallest absolute Gasteiger partial charge is 0.317 e. The zero-order valence-corrected chi connectivity index (χ0v) is 13.9. The lowest BCUT2D eigenvalue weighted by atomic mass is 9.94. The monoisotopic (exact) mass is 324 g/mol. The van der Waals surface area contributed by atoms with Crippen LogP contribution in [0.1, 0.15) is 54.3 Å². The van der Waals surface area contributed by atoms with Crippen molar-refractivity contribution >= 4 is 6.03 Å². The normalized spacial score (nSPS) is 18.6. The van der Waals surface area contributed by atoms with Crippen molar-refractivity contribution in [2.24, 2.45) is 0 Å². The zero-order chi connectivity index (χ0) is 16.4. The number of amides is 2. The highest BCUT2D eigenvalue weighted by Gasteiger charge is 2.25. The summed E-state index contributed by atoms with van der Waals surface area (Å²) in [5.41, 5.74) is 3.79. The maximum absolute atomic E-state index is 12.3. The van der Waals surface area contributed by atoms with Crippen molar-refractivity contribution in [1.82, 2.24) is 20.2 Å². The number of rotatable bonds is 4. The number of benzene rings is 1. The second-order valence-corrected chi connectivity index (χ2v) is 6.94. The van der Waals surface area contributed by atoms with Crippen LogP contribution in [0.3, 0.4) is 0 Å². The fourth-order valence-electron chi connectivity index (χ4n) is 3.50. The van der Waals surface area contributed by atoms with Crippen LogP contribution in [-0.2, 0) is 6.54 Å². The quantitative estimate of drug-likeness (QED) is 0.906. The summed E-state index contributed by atoms with van der Waals surface area (Å²) in [7, 11) is 0. The lowest BCUT2D eigenvalue weighted by molar-refractivity contribution is 0.180. The van der Waals surface area contributed by atoms with E-state index in [4.69, 9.17) is 0 Å². The van der Waals surface area contributed by atoms with Gasteiger partial charge < -0.3 is 15.2 Å². The number of nitrogens with zero attached hydrogens (tertiary/aromatic N) is 2. The molecule has 1 aromatic heterocycles. The third-order valence-electron chi connectivity index (χ3n) is 5.21. The average Bonchev–Trinajstić information content (AvgIpc) is 3.34. The van der Waals surface area contributed by atoms with E-state index in [0.717, 1.165) is 31.8 Å². The number of carbonyl (C=O) groups excluding carboxylic acids is 1. The van der Waals surface area contributed by atoms with Crippen LogP contribution >= 0.6 is 0 Å². The van der Waals surface area contributed by atoms with E-state index in [2.05, 4.69) is 39.6 Å². The summed E-state index contributed by atoms with van der Waals surface area (Å²) in [5, 5.41) is 3.05. The summed E-state index contributed by atoms with van der Waals surface area (Å²) in [6.45, 7) is 2.20. The minimum atomic E-state index is 0.0457. The van der Waals surface area contributed by atoms with Crippen LogP contribution in [0, 0.1) is 0 Å². The SMILES string of the molecule is O=C(NCc1ccc(C2CC2)cc1)N1CCC(c2cnc[nH]2)CC1. The highest BCUT2D eigenvalue weighted by Crippen LogP contribution is 2.39. The summed E-state index contributed by atoms with van der Waals surface area (Å²) >= 11 is 0. The lowest BCUT2D eigenvalue weighted by Crippen LogP contribution is -2.43. The molecular formula is C19H24N4O. The van der Waals surface area contributed by atoms with Crippen molar-refractivity contribution in [3.05, 3.63) is 53.6 Å².